The van der Waals surface area contributed by atoms with E-state index in [1.54, 1.807) is 0 Å². The highest BCUT2D eigenvalue weighted by Crippen LogP contribution is 2.38. The zero-order chi connectivity index (χ0) is 13.9. The third-order valence-electron chi connectivity index (χ3n) is 4.06. The number of halogens is 1. The number of aliphatic hydroxyl groups excluding tert-OH is 1. The molecule has 1 heterocycles. The third kappa shape index (κ3) is 3.95. The van der Waals surface area contributed by atoms with Gasteiger partial charge in [-0.1, -0.05) is 43.7 Å². The van der Waals surface area contributed by atoms with Gasteiger partial charge >= 0.3 is 0 Å². The fourth-order valence-electron chi connectivity index (χ4n) is 2.93. The molecule has 0 spiro atoms. The fourth-order valence-corrected chi connectivity index (χ4v) is 2.93. The van der Waals surface area contributed by atoms with E-state index in [2.05, 4.69) is 55.3 Å². The van der Waals surface area contributed by atoms with E-state index < -0.39 is 0 Å². The Kier molecular flexibility index (Phi) is 6.46. The van der Waals surface area contributed by atoms with E-state index in [1.165, 1.54) is 11.1 Å². The maximum atomic E-state index is 9.77. The average Bonchev–Trinajstić information content (AvgIpc) is 2.42. The lowest BCUT2D eigenvalue weighted by Crippen LogP contribution is -2.49. The molecule has 1 aromatic rings. The van der Waals surface area contributed by atoms with Crippen molar-refractivity contribution >= 4 is 12.4 Å². The van der Waals surface area contributed by atoms with Gasteiger partial charge in [-0.15, -0.1) is 12.4 Å². The Balaban J connectivity index is 0.00000200. The zero-order valence-corrected chi connectivity index (χ0v) is 13.5. The summed E-state index contributed by atoms with van der Waals surface area (Å²) < 4.78 is 0. The van der Waals surface area contributed by atoms with Gasteiger partial charge in [0, 0.05) is 44.2 Å². The van der Waals surface area contributed by atoms with Gasteiger partial charge in [0.1, 0.15) is 0 Å². The number of piperazine rings is 1. The summed E-state index contributed by atoms with van der Waals surface area (Å²) >= 11 is 0. The van der Waals surface area contributed by atoms with Gasteiger partial charge < -0.3 is 10.4 Å². The van der Waals surface area contributed by atoms with Crippen LogP contribution >= 0.6 is 12.4 Å². The molecule has 1 fully saturated rings. The minimum absolute atomic E-state index is 0. The van der Waals surface area contributed by atoms with Gasteiger partial charge in [0.2, 0.25) is 0 Å². The van der Waals surface area contributed by atoms with E-state index in [9.17, 15) is 5.11 Å². The predicted molar refractivity (Wildman–Crippen MR) is 86.5 cm³/mol. The Labute approximate surface area is 128 Å². The second-order valence-electron chi connectivity index (χ2n) is 6.25. The number of aryl methyl sites for hydroxylation is 1. The van der Waals surface area contributed by atoms with E-state index in [4.69, 9.17) is 0 Å². The molecule has 0 aromatic heterocycles. The van der Waals surface area contributed by atoms with Crippen molar-refractivity contribution in [1.82, 2.24) is 10.2 Å². The van der Waals surface area contributed by atoms with Crippen LogP contribution < -0.4 is 5.32 Å². The van der Waals surface area contributed by atoms with Crippen LogP contribution in [0.2, 0.25) is 0 Å². The summed E-state index contributed by atoms with van der Waals surface area (Å²) in [4.78, 5) is 2.50. The van der Waals surface area contributed by atoms with Gasteiger partial charge in [0.15, 0.2) is 0 Å². The fraction of sp³-hybridized carbons (Fsp3) is 0.625. The summed E-state index contributed by atoms with van der Waals surface area (Å²) in [6.07, 6.45) is 0. The van der Waals surface area contributed by atoms with Gasteiger partial charge in [0.05, 0.1) is 0 Å². The molecule has 1 aliphatic rings. The Hall–Kier alpha value is -0.610. The Morgan fingerprint density at radius 2 is 1.75 bits per heavy atom. The molecule has 114 valence electrons. The van der Waals surface area contributed by atoms with E-state index in [1.807, 2.05) is 0 Å². The van der Waals surface area contributed by atoms with E-state index in [0.29, 0.717) is 0 Å². The SMILES string of the molecule is Cc1ccc([C@H](N2CCNCC2)C(C)(C)CO)cc1.Cl. The maximum absolute atomic E-state index is 9.77. The monoisotopic (exact) mass is 298 g/mol. The summed E-state index contributed by atoms with van der Waals surface area (Å²) in [6.45, 7) is 10.8. The minimum atomic E-state index is -0.132. The molecule has 0 aliphatic carbocycles. The van der Waals surface area contributed by atoms with Crippen LogP contribution in [-0.2, 0) is 0 Å². The van der Waals surface area contributed by atoms with Crippen LogP contribution in [0.5, 0.6) is 0 Å². The molecule has 3 nitrogen and oxygen atoms in total. The van der Waals surface area contributed by atoms with E-state index >= 15 is 0 Å². The maximum Gasteiger partial charge on any atom is 0.0500 e. The predicted octanol–water partition coefficient (Wildman–Crippen LogP) is 2.38. The first-order valence-corrected chi connectivity index (χ1v) is 7.17. The number of aliphatic hydroxyl groups is 1. The highest BCUT2D eigenvalue weighted by Gasteiger charge is 2.35. The van der Waals surface area contributed by atoms with Crippen LogP contribution in [0.15, 0.2) is 24.3 Å². The molecule has 4 heteroatoms. The lowest BCUT2D eigenvalue weighted by Gasteiger charge is -2.43. The normalized spacial score (nSPS) is 18.4. The van der Waals surface area contributed by atoms with Crippen molar-refractivity contribution in [2.24, 2.45) is 5.41 Å². The molecule has 0 amide bonds. The molecule has 2 N–H and O–H groups in total. The zero-order valence-electron chi connectivity index (χ0n) is 12.7. The highest BCUT2D eigenvalue weighted by molar-refractivity contribution is 5.85. The number of benzene rings is 1. The second-order valence-corrected chi connectivity index (χ2v) is 6.25. The molecule has 1 aromatic carbocycles. The number of hydrogen-bond donors (Lipinski definition) is 2. The largest absolute Gasteiger partial charge is 0.396 e. The van der Waals surface area contributed by atoms with E-state index in [0.717, 1.165) is 26.2 Å². The van der Waals surface area contributed by atoms with Gasteiger partial charge in [-0.25, -0.2) is 0 Å². The number of nitrogens with one attached hydrogen (secondary N) is 1. The molecule has 0 bridgehead atoms. The topological polar surface area (TPSA) is 35.5 Å². The molecule has 0 radical (unpaired) electrons. The van der Waals surface area contributed by atoms with Crippen molar-refractivity contribution < 1.29 is 5.11 Å². The van der Waals surface area contributed by atoms with Crippen molar-refractivity contribution in [2.75, 3.05) is 32.8 Å². The van der Waals surface area contributed by atoms with Crippen molar-refractivity contribution in [2.45, 2.75) is 26.8 Å². The van der Waals surface area contributed by atoms with Crippen molar-refractivity contribution in [3.8, 4) is 0 Å². The first-order chi connectivity index (χ1) is 9.04. The molecule has 1 aliphatic heterocycles. The van der Waals surface area contributed by atoms with Crippen LogP contribution in [0.4, 0.5) is 0 Å². The summed E-state index contributed by atoms with van der Waals surface area (Å²) in [6, 6.07) is 9.02. The molecule has 0 unspecified atom stereocenters. The molecule has 0 saturated carbocycles. The number of rotatable bonds is 4. The van der Waals surface area contributed by atoms with Gasteiger partial charge in [-0.2, -0.15) is 0 Å². The van der Waals surface area contributed by atoms with Crippen LogP contribution in [0.1, 0.15) is 31.0 Å². The van der Waals surface area contributed by atoms with E-state index in [-0.39, 0.29) is 30.5 Å². The first kappa shape index (κ1) is 17.4. The molecule has 2 rings (SSSR count). The number of hydrogen-bond acceptors (Lipinski definition) is 3. The second kappa shape index (κ2) is 7.41. The van der Waals surface area contributed by atoms with Crippen LogP contribution in [0.25, 0.3) is 0 Å². The smallest absolute Gasteiger partial charge is 0.0500 e. The first-order valence-electron chi connectivity index (χ1n) is 7.17. The van der Waals surface area contributed by atoms with Gasteiger partial charge in [0.25, 0.3) is 0 Å². The van der Waals surface area contributed by atoms with Gasteiger partial charge in [-0.3, -0.25) is 4.90 Å². The third-order valence-corrected chi connectivity index (χ3v) is 4.06. The van der Waals surface area contributed by atoms with Crippen molar-refractivity contribution in [1.29, 1.82) is 0 Å². The van der Waals surface area contributed by atoms with Crippen LogP contribution in [0.3, 0.4) is 0 Å². The van der Waals surface area contributed by atoms with Gasteiger partial charge in [-0.05, 0) is 12.5 Å². The molecular formula is C16H27ClN2O. The lowest BCUT2D eigenvalue weighted by molar-refractivity contribution is 0.0305. The van der Waals surface area contributed by atoms with Crippen LogP contribution in [-0.4, -0.2) is 42.8 Å². The summed E-state index contributed by atoms with van der Waals surface area (Å²) in [5.74, 6) is 0. The lowest BCUT2D eigenvalue weighted by atomic mass is 9.79. The number of nitrogens with zero attached hydrogens (tertiary/aromatic N) is 1. The molecule has 1 saturated heterocycles. The summed E-state index contributed by atoms with van der Waals surface area (Å²) in [5.41, 5.74) is 2.46. The highest BCUT2D eigenvalue weighted by atomic mass is 35.5. The quantitative estimate of drug-likeness (QED) is 0.896. The molecule has 20 heavy (non-hydrogen) atoms. The minimum Gasteiger partial charge on any atom is -0.396 e. The Morgan fingerprint density at radius 1 is 1.20 bits per heavy atom. The summed E-state index contributed by atoms with van der Waals surface area (Å²) in [7, 11) is 0. The van der Waals surface area contributed by atoms with Crippen LogP contribution in [0, 0.1) is 12.3 Å². The standard InChI is InChI=1S/C16H26N2O.ClH/c1-13-4-6-14(7-5-13)15(16(2,3)12-19)18-10-8-17-9-11-18;/h4-7,15,17,19H,8-12H2,1-3H3;1H/t15-;/m0./s1. The van der Waals surface area contributed by atoms with Crippen molar-refractivity contribution in [3.63, 3.8) is 0 Å². The average molecular weight is 299 g/mol. The molecular weight excluding hydrogens is 272 g/mol. The van der Waals surface area contributed by atoms with Crippen molar-refractivity contribution in [3.05, 3.63) is 35.4 Å². The summed E-state index contributed by atoms with van der Waals surface area (Å²) in [5, 5.41) is 13.2. The Bertz CT molecular complexity index is 399. The molecule has 1 atom stereocenters. The Morgan fingerprint density at radius 3 is 2.25 bits per heavy atom.